The summed E-state index contributed by atoms with van der Waals surface area (Å²) in [4.78, 5) is 2.31. The first kappa shape index (κ1) is 9.29. The van der Waals surface area contributed by atoms with E-state index in [0.717, 1.165) is 50.3 Å². The molecule has 0 aromatic carbocycles. The predicted molar refractivity (Wildman–Crippen MR) is 55.5 cm³/mol. The van der Waals surface area contributed by atoms with Crippen LogP contribution in [0.5, 0.6) is 0 Å². The molecule has 0 saturated carbocycles. The molecule has 0 bridgehead atoms. The molecule has 0 atom stereocenters. The van der Waals surface area contributed by atoms with Crippen molar-refractivity contribution in [3.8, 4) is 6.07 Å². The Balaban J connectivity index is 2.12. The van der Waals surface area contributed by atoms with Gasteiger partial charge in [-0.1, -0.05) is 12.2 Å². The molecule has 14 heavy (non-hydrogen) atoms. The number of nitrogens with one attached hydrogen (secondary N) is 1. The Kier molecular flexibility index (Phi) is 2.85. The monoisotopic (exact) mass is 189 g/mol. The number of hydrogen-bond acceptors (Lipinski definition) is 3. The van der Waals surface area contributed by atoms with Crippen LogP contribution >= 0.6 is 0 Å². The number of hydrogen-bond donors (Lipinski definition) is 1. The van der Waals surface area contributed by atoms with Crippen LogP contribution in [0.4, 0.5) is 0 Å². The SMILES string of the molecule is N#CC1=CCCC=C1N1CCNCC1. The van der Waals surface area contributed by atoms with Gasteiger partial charge in [0.05, 0.1) is 11.3 Å². The van der Waals surface area contributed by atoms with Gasteiger partial charge in [0.1, 0.15) is 6.07 Å². The Hall–Kier alpha value is -1.27. The van der Waals surface area contributed by atoms with E-state index in [1.807, 2.05) is 0 Å². The van der Waals surface area contributed by atoms with Crippen molar-refractivity contribution >= 4 is 0 Å². The summed E-state index contributed by atoms with van der Waals surface area (Å²) in [6.07, 6.45) is 6.34. The fourth-order valence-electron chi connectivity index (χ4n) is 1.97. The van der Waals surface area contributed by atoms with Crippen LogP contribution in [0.25, 0.3) is 0 Å². The summed E-state index contributed by atoms with van der Waals surface area (Å²) in [5.41, 5.74) is 2.01. The molecule has 1 aliphatic carbocycles. The summed E-state index contributed by atoms with van der Waals surface area (Å²) >= 11 is 0. The third-order valence-electron chi connectivity index (χ3n) is 2.71. The van der Waals surface area contributed by atoms with E-state index in [-0.39, 0.29) is 0 Å². The fraction of sp³-hybridized carbons (Fsp3) is 0.545. The predicted octanol–water partition coefficient (Wildman–Crippen LogP) is 1.02. The molecule has 0 aromatic rings. The quantitative estimate of drug-likeness (QED) is 0.669. The Labute approximate surface area is 84.7 Å². The minimum Gasteiger partial charge on any atom is -0.368 e. The summed E-state index contributed by atoms with van der Waals surface area (Å²) in [5, 5.41) is 12.3. The zero-order valence-corrected chi connectivity index (χ0v) is 8.29. The van der Waals surface area contributed by atoms with Gasteiger partial charge in [-0.2, -0.15) is 5.26 Å². The zero-order valence-electron chi connectivity index (χ0n) is 8.29. The molecule has 3 nitrogen and oxygen atoms in total. The molecule has 74 valence electrons. The maximum Gasteiger partial charge on any atom is 0.101 e. The molecule has 3 heteroatoms. The molecule has 0 amide bonds. The number of allylic oxidation sites excluding steroid dienone is 3. The van der Waals surface area contributed by atoms with E-state index in [1.54, 1.807) is 0 Å². The van der Waals surface area contributed by atoms with E-state index < -0.39 is 0 Å². The van der Waals surface area contributed by atoms with Gasteiger partial charge in [-0.15, -0.1) is 0 Å². The van der Waals surface area contributed by atoms with Crippen LogP contribution in [0.3, 0.4) is 0 Å². The highest BCUT2D eigenvalue weighted by Gasteiger charge is 2.17. The van der Waals surface area contributed by atoms with Gasteiger partial charge in [0.25, 0.3) is 0 Å². The van der Waals surface area contributed by atoms with Crippen molar-refractivity contribution in [1.29, 1.82) is 5.26 Å². The van der Waals surface area contributed by atoms with Gasteiger partial charge in [0, 0.05) is 26.2 Å². The highest BCUT2D eigenvalue weighted by Crippen LogP contribution is 2.21. The normalized spacial score (nSPS) is 22.4. The maximum absolute atomic E-state index is 8.99. The summed E-state index contributed by atoms with van der Waals surface area (Å²) in [6, 6.07) is 2.28. The largest absolute Gasteiger partial charge is 0.368 e. The van der Waals surface area contributed by atoms with Gasteiger partial charge in [-0.25, -0.2) is 0 Å². The number of piperazine rings is 1. The fourth-order valence-corrected chi connectivity index (χ4v) is 1.97. The number of rotatable bonds is 1. The lowest BCUT2D eigenvalue weighted by Gasteiger charge is -2.32. The second-order valence-corrected chi connectivity index (χ2v) is 3.63. The molecule has 1 fully saturated rings. The summed E-state index contributed by atoms with van der Waals surface area (Å²) < 4.78 is 0. The number of nitrogens with zero attached hydrogens (tertiary/aromatic N) is 2. The van der Waals surface area contributed by atoms with E-state index in [2.05, 4.69) is 28.4 Å². The Bertz CT molecular complexity index is 303. The Morgan fingerprint density at radius 1 is 1.21 bits per heavy atom. The van der Waals surface area contributed by atoms with Gasteiger partial charge in [0.2, 0.25) is 0 Å². The molecule has 0 unspecified atom stereocenters. The molecule has 1 heterocycles. The lowest BCUT2D eigenvalue weighted by atomic mass is 10.0. The van der Waals surface area contributed by atoms with Crippen LogP contribution in [-0.2, 0) is 0 Å². The summed E-state index contributed by atoms with van der Waals surface area (Å²) in [5.74, 6) is 0. The van der Waals surface area contributed by atoms with Gasteiger partial charge < -0.3 is 10.2 Å². The van der Waals surface area contributed by atoms with Crippen molar-refractivity contribution in [2.24, 2.45) is 0 Å². The van der Waals surface area contributed by atoms with Crippen LogP contribution in [0, 0.1) is 11.3 Å². The highest BCUT2D eigenvalue weighted by molar-refractivity contribution is 5.43. The first-order valence-electron chi connectivity index (χ1n) is 5.18. The Morgan fingerprint density at radius 3 is 2.64 bits per heavy atom. The van der Waals surface area contributed by atoms with Crippen molar-refractivity contribution in [2.45, 2.75) is 12.8 Å². The zero-order chi connectivity index (χ0) is 9.80. The molecule has 0 radical (unpaired) electrons. The third-order valence-corrected chi connectivity index (χ3v) is 2.71. The van der Waals surface area contributed by atoms with Crippen molar-refractivity contribution in [3.63, 3.8) is 0 Å². The van der Waals surface area contributed by atoms with Crippen LogP contribution < -0.4 is 5.32 Å². The van der Waals surface area contributed by atoms with E-state index in [0.29, 0.717) is 0 Å². The second kappa shape index (κ2) is 4.30. The smallest absolute Gasteiger partial charge is 0.101 e. The molecule has 1 N–H and O–H groups in total. The third kappa shape index (κ3) is 1.80. The number of nitriles is 1. The van der Waals surface area contributed by atoms with E-state index in [4.69, 9.17) is 5.26 Å². The molecule has 1 saturated heterocycles. The van der Waals surface area contributed by atoms with E-state index >= 15 is 0 Å². The van der Waals surface area contributed by atoms with Crippen molar-refractivity contribution in [1.82, 2.24) is 10.2 Å². The standard InChI is InChI=1S/C11H15N3/c12-9-10-3-1-2-4-11(10)14-7-5-13-6-8-14/h3-4,13H,1-2,5-8H2. The summed E-state index contributed by atoms with van der Waals surface area (Å²) in [6.45, 7) is 4.09. The molecule has 2 rings (SSSR count). The second-order valence-electron chi connectivity index (χ2n) is 3.63. The van der Waals surface area contributed by atoms with Crippen LogP contribution in [-0.4, -0.2) is 31.1 Å². The van der Waals surface area contributed by atoms with E-state index in [1.165, 1.54) is 0 Å². The van der Waals surface area contributed by atoms with Crippen LogP contribution in [0.15, 0.2) is 23.4 Å². The van der Waals surface area contributed by atoms with Crippen LogP contribution in [0.1, 0.15) is 12.8 Å². The lowest BCUT2D eigenvalue weighted by molar-refractivity contribution is 0.303. The lowest BCUT2D eigenvalue weighted by Crippen LogP contribution is -2.43. The van der Waals surface area contributed by atoms with Gasteiger partial charge in [-0.05, 0) is 12.8 Å². The maximum atomic E-state index is 8.99. The molecule has 0 aromatic heterocycles. The van der Waals surface area contributed by atoms with E-state index in [9.17, 15) is 0 Å². The average molecular weight is 189 g/mol. The molecule has 0 spiro atoms. The first-order chi connectivity index (χ1) is 6.92. The van der Waals surface area contributed by atoms with Gasteiger partial charge in [-0.3, -0.25) is 0 Å². The summed E-state index contributed by atoms with van der Waals surface area (Å²) in [7, 11) is 0. The molecular formula is C11H15N3. The highest BCUT2D eigenvalue weighted by atomic mass is 15.2. The molecular weight excluding hydrogens is 174 g/mol. The van der Waals surface area contributed by atoms with Crippen LogP contribution in [0.2, 0.25) is 0 Å². The topological polar surface area (TPSA) is 39.1 Å². The average Bonchev–Trinajstić information content (AvgIpc) is 2.30. The van der Waals surface area contributed by atoms with Gasteiger partial charge >= 0.3 is 0 Å². The minimum absolute atomic E-state index is 0.859. The van der Waals surface area contributed by atoms with Crippen molar-refractivity contribution < 1.29 is 0 Å². The first-order valence-corrected chi connectivity index (χ1v) is 5.18. The van der Waals surface area contributed by atoms with Crippen molar-refractivity contribution in [2.75, 3.05) is 26.2 Å². The molecule has 1 aliphatic heterocycles. The molecule has 2 aliphatic rings. The minimum atomic E-state index is 0.859. The Morgan fingerprint density at radius 2 is 1.93 bits per heavy atom. The van der Waals surface area contributed by atoms with Crippen molar-refractivity contribution in [3.05, 3.63) is 23.4 Å². The van der Waals surface area contributed by atoms with Gasteiger partial charge in [0.15, 0.2) is 0 Å².